The van der Waals surface area contributed by atoms with Gasteiger partial charge in [-0.2, -0.15) is 0 Å². The SMILES string of the molecule is CC(C)(C)OC(=O)[C@H](O)[C@H]1OCCN(c2ccc(C(=O)N3CCC(F)(F)CC3)cc2)C1=O. The van der Waals surface area contributed by atoms with Crippen LogP contribution in [-0.4, -0.2) is 77.8 Å². The zero-order chi connectivity index (χ0) is 23.7. The Bertz CT molecular complexity index is 858. The van der Waals surface area contributed by atoms with Crippen molar-refractivity contribution in [1.29, 1.82) is 0 Å². The molecule has 2 aliphatic rings. The Labute approximate surface area is 185 Å². The van der Waals surface area contributed by atoms with Crippen LogP contribution >= 0.6 is 0 Å². The Kier molecular flexibility index (Phi) is 6.85. The van der Waals surface area contributed by atoms with Crippen molar-refractivity contribution in [2.45, 2.75) is 57.3 Å². The summed E-state index contributed by atoms with van der Waals surface area (Å²) in [6.07, 6.45) is -3.90. The van der Waals surface area contributed by atoms with Gasteiger partial charge in [0.15, 0.2) is 12.2 Å². The van der Waals surface area contributed by atoms with Crippen molar-refractivity contribution in [1.82, 2.24) is 4.90 Å². The molecule has 2 fully saturated rings. The molecule has 0 bridgehead atoms. The van der Waals surface area contributed by atoms with Crippen LogP contribution in [0.5, 0.6) is 0 Å². The molecular formula is C22H28F2N2O6. The van der Waals surface area contributed by atoms with Crippen LogP contribution in [0.1, 0.15) is 44.0 Å². The molecule has 1 aromatic carbocycles. The second-order valence-corrected chi connectivity index (χ2v) is 8.95. The van der Waals surface area contributed by atoms with Crippen LogP contribution < -0.4 is 4.90 Å². The van der Waals surface area contributed by atoms with Crippen LogP contribution in [-0.2, 0) is 19.1 Å². The van der Waals surface area contributed by atoms with Gasteiger partial charge in [0.1, 0.15) is 5.60 Å². The fraction of sp³-hybridized carbons (Fsp3) is 0.591. The minimum atomic E-state index is -2.74. The predicted octanol–water partition coefficient (Wildman–Crippen LogP) is 1.99. The lowest BCUT2D eigenvalue weighted by Gasteiger charge is -2.34. The smallest absolute Gasteiger partial charge is 0.338 e. The molecular weight excluding hydrogens is 426 g/mol. The van der Waals surface area contributed by atoms with Crippen LogP contribution in [0.15, 0.2) is 24.3 Å². The highest BCUT2D eigenvalue weighted by atomic mass is 19.3. The quantitative estimate of drug-likeness (QED) is 0.699. The normalized spacial score (nSPS) is 22.4. The van der Waals surface area contributed by atoms with Gasteiger partial charge in [-0.25, -0.2) is 13.6 Å². The molecule has 0 aromatic heterocycles. The van der Waals surface area contributed by atoms with Gasteiger partial charge in [-0.3, -0.25) is 9.59 Å². The molecule has 8 nitrogen and oxygen atoms in total. The minimum Gasteiger partial charge on any atom is -0.458 e. The molecule has 2 heterocycles. The number of carbonyl (C=O) groups excluding carboxylic acids is 3. The summed E-state index contributed by atoms with van der Waals surface area (Å²) in [6, 6.07) is 6.16. The molecule has 0 radical (unpaired) electrons. The van der Waals surface area contributed by atoms with Crippen molar-refractivity contribution in [3.05, 3.63) is 29.8 Å². The highest BCUT2D eigenvalue weighted by Gasteiger charge is 2.41. The van der Waals surface area contributed by atoms with Gasteiger partial charge in [-0.15, -0.1) is 0 Å². The first kappa shape index (κ1) is 24.1. The molecule has 0 spiro atoms. The fourth-order valence-electron chi connectivity index (χ4n) is 3.58. The molecule has 2 saturated heterocycles. The van der Waals surface area contributed by atoms with Gasteiger partial charge in [0.25, 0.3) is 17.7 Å². The lowest BCUT2D eigenvalue weighted by atomic mass is 10.0. The number of piperidine rings is 1. The van der Waals surface area contributed by atoms with Crippen molar-refractivity contribution in [3.8, 4) is 0 Å². The largest absolute Gasteiger partial charge is 0.458 e. The molecule has 1 aromatic rings. The number of aliphatic hydroxyl groups is 1. The van der Waals surface area contributed by atoms with E-state index < -0.39 is 35.6 Å². The first-order valence-electron chi connectivity index (χ1n) is 10.5. The maximum absolute atomic E-state index is 13.3. The molecule has 0 saturated carbocycles. The number of alkyl halides is 2. The van der Waals surface area contributed by atoms with E-state index in [0.29, 0.717) is 11.3 Å². The summed E-state index contributed by atoms with van der Waals surface area (Å²) in [6.45, 7) is 5.20. The van der Waals surface area contributed by atoms with Crippen LogP contribution in [0, 0.1) is 0 Å². The van der Waals surface area contributed by atoms with Gasteiger partial charge in [-0.05, 0) is 45.0 Å². The number of anilines is 1. The Morgan fingerprint density at radius 3 is 2.31 bits per heavy atom. The van der Waals surface area contributed by atoms with Crippen LogP contribution in [0.2, 0.25) is 0 Å². The summed E-state index contributed by atoms with van der Waals surface area (Å²) in [4.78, 5) is 40.3. The average Bonchev–Trinajstić information content (AvgIpc) is 2.72. The number of benzene rings is 1. The molecule has 176 valence electrons. The molecule has 2 atom stereocenters. The Hall–Kier alpha value is -2.59. The number of amides is 2. The summed E-state index contributed by atoms with van der Waals surface area (Å²) < 4.78 is 37.1. The number of nitrogens with zero attached hydrogens (tertiary/aromatic N) is 2. The van der Waals surface area contributed by atoms with Gasteiger partial charge in [0.2, 0.25) is 0 Å². The number of ether oxygens (including phenoxy) is 2. The molecule has 10 heteroatoms. The third-order valence-corrected chi connectivity index (χ3v) is 5.26. The maximum Gasteiger partial charge on any atom is 0.338 e. The number of hydrogen-bond donors (Lipinski definition) is 1. The lowest BCUT2D eigenvalue weighted by Crippen LogP contribution is -2.55. The highest BCUT2D eigenvalue weighted by molar-refractivity contribution is 6.01. The van der Waals surface area contributed by atoms with Crippen LogP contribution in [0.3, 0.4) is 0 Å². The molecule has 2 aliphatic heterocycles. The second kappa shape index (κ2) is 9.11. The number of esters is 1. The van der Waals surface area contributed by atoms with Crippen LogP contribution in [0.25, 0.3) is 0 Å². The van der Waals surface area contributed by atoms with Gasteiger partial charge in [-0.1, -0.05) is 0 Å². The Balaban J connectivity index is 1.67. The predicted molar refractivity (Wildman–Crippen MR) is 110 cm³/mol. The number of morpholine rings is 1. The zero-order valence-electron chi connectivity index (χ0n) is 18.3. The molecule has 1 N–H and O–H groups in total. The van der Waals surface area contributed by atoms with Crippen molar-refractivity contribution in [2.75, 3.05) is 31.1 Å². The van der Waals surface area contributed by atoms with Crippen molar-refractivity contribution >= 4 is 23.5 Å². The summed E-state index contributed by atoms with van der Waals surface area (Å²) >= 11 is 0. The first-order valence-corrected chi connectivity index (χ1v) is 10.5. The highest BCUT2D eigenvalue weighted by Crippen LogP contribution is 2.29. The van der Waals surface area contributed by atoms with E-state index in [1.165, 1.54) is 21.9 Å². The van der Waals surface area contributed by atoms with Gasteiger partial charge in [0.05, 0.1) is 6.61 Å². The van der Waals surface area contributed by atoms with E-state index >= 15 is 0 Å². The number of likely N-dealkylation sites (tertiary alicyclic amines) is 1. The topological polar surface area (TPSA) is 96.4 Å². The Morgan fingerprint density at radius 2 is 1.75 bits per heavy atom. The molecule has 0 unspecified atom stereocenters. The van der Waals surface area contributed by atoms with Gasteiger partial charge < -0.3 is 24.4 Å². The number of hydrogen-bond acceptors (Lipinski definition) is 6. The number of carbonyl (C=O) groups is 3. The van der Waals surface area contributed by atoms with Crippen molar-refractivity contribution < 1.29 is 37.7 Å². The fourth-order valence-corrected chi connectivity index (χ4v) is 3.58. The number of aliphatic hydroxyl groups excluding tert-OH is 1. The molecule has 0 aliphatic carbocycles. The third kappa shape index (κ3) is 5.60. The second-order valence-electron chi connectivity index (χ2n) is 8.95. The lowest BCUT2D eigenvalue weighted by molar-refractivity contribution is -0.177. The summed E-state index contributed by atoms with van der Waals surface area (Å²) in [7, 11) is 0. The van der Waals surface area contributed by atoms with E-state index in [2.05, 4.69) is 0 Å². The standard InChI is InChI=1S/C22H28F2N2O6/c1-21(2,3)32-20(30)16(27)17-19(29)26(12-13-31-17)15-6-4-14(5-7-15)18(28)25-10-8-22(23,24)9-11-25/h4-7,16-17,27H,8-13H2,1-3H3/t16-,17-/m1/s1. The summed E-state index contributed by atoms with van der Waals surface area (Å²) in [5.74, 6) is -4.64. The Morgan fingerprint density at radius 1 is 1.16 bits per heavy atom. The van der Waals surface area contributed by atoms with Crippen molar-refractivity contribution in [2.24, 2.45) is 0 Å². The minimum absolute atomic E-state index is 0.0141. The van der Waals surface area contributed by atoms with E-state index in [-0.39, 0.29) is 45.0 Å². The molecule has 3 rings (SSSR count). The van der Waals surface area contributed by atoms with E-state index in [0.717, 1.165) is 0 Å². The van der Waals surface area contributed by atoms with E-state index in [1.54, 1.807) is 32.9 Å². The summed E-state index contributed by atoms with van der Waals surface area (Å²) in [5, 5.41) is 10.3. The van der Waals surface area contributed by atoms with Crippen molar-refractivity contribution in [3.63, 3.8) is 0 Å². The van der Waals surface area contributed by atoms with Gasteiger partial charge in [0, 0.05) is 43.7 Å². The van der Waals surface area contributed by atoms with E-state index in [4.69, 9.17) is 9.47 Å². The van der Waals surface area contributed by atoms with E-state index in [9.17, 15) is 28.3 Å². The average molecular weight is 454 g/mol. The number of rotatable bonds is 4. The van der Waals surface area contributed by atoms with Gasteiger partial charge >= 0.3 is 5.97 Å². The summed E-state index contributed by atoms with van der Waals surface area (Å²) in [5.41, 5.74) is -0.0475. The maximum atomic E-state index is 13.3. The van der Waals surface area contributed by atoms with Crippen LogP contribution in [0.4, 0.5) is 14.5 Å². The zero-order valence-corrected chi connectivity index (χ0v) is 18.3. The molecule has 2 amide bonds. The third-order valence-electron chi connectivity index (χ3n) is 5.26. The van der Waals surface area contributed by atoms with E-state index in [1.807, 2.05) is 0 Å². The number of halogens is 2. The molecule has 32 heavy (non-hydrogen) atoms. The first-order chi connectivity index (χ1) is 14.9. The monoisotopic (exact) mass is 454 g/mol.